The Morgan fingerprint density at radius 2 is 1.96 bits per heavy atom. The molecular weight excluding hydrogens is 322 g/mol. The van der Waals surface area contributed by atoms with E-state index in [9.17, 15) is 19.5 Å². The molecule has 1 aromatic carbocycles. The third-order valence-electron chi connectivity index (χ3n) is 4.80. The summed E-state index contributed by atoms with van der Waals surface area (Å²) in [4.78, 5) is 37.7. The average molecular weight is 343 g/mol. The molecule has 0 spiro atoms. The van der Waals surface area contributed by atoms with Crippen LogP contribution in [0.25, 0.3) is 0 Å². The SMILES string of the molecule is CC1(C(=O)O)CCN(C(=O)C2=NN(Cc3ccccc3)C(=O)CC2)C1. The fourth-order valence-electron chi connectivity index (χ4n) is 3.13. The monoisotopic (exact) mass is 343 g/mol. The van der Waals surface area contributed by atoms with Gasteiger partial charge in [-0.3, -0.25) is 14.4 Å². The number of carbonyl (C=O) groups is 3. The van der Waals surface area contributed by atoms with Gasteiger partial charge in [-0.25, -0.2) is 5.01 Å². The molecule has 1 saturated heterocycles. The van der Waals surface area contributed by atoms with Crippen LogP contribution in [-0.4, -0.2) is 51.6 Å². The highest BCUT2D eigenvalue weighted by Gasteiger charge is 2.43. The van der Waals surface area contributed by atoms with Gasteiger partial charge in [-0.2, -0.15) is 5.10 Å². The van der Waals surface area contributed by atoms with E-state index in [1.165, 1.54) is 9.91 Å². The minimum absolute atomic E-state index is 0.114. The molecule has 25 heavy (non-hydrogen) atoms. The number of hydrazone groups is 1. The molecule has 132 valence electrons. The summed E-state index contributed by atoms with van der Waals surface area (Å²) in [7, 11) is 0. The van der Waals surface area contributed by atoms with Crippen LogP contribution in [0.5, 0.6) is 0 Å². The van der Waals surface area contributed by atoms with Gasteiger partial charge in [0.1, 0.15) is 5.71 Å². The standard InChI is InChI=1S/C18H21N3O4/c1-18(17(24)25)9-10-20(12-18)16(23)14-7-8-15(22)21(19-14)11-13-5-3-2-4-6-13/h2-6H,7-12H2,1H3,(H,24,25). The van der Waals surface area contributed by atoms with Crippen LogP contribution in [0.15, 0.2) is 35.4 Å². The molecule has 1 N–H and O–H groups in total. The molecule has 2 amide bonds. The Bertz CT molecular complexity index is 731. The van der Waals surface area contributed by atoms with Crippen LogP contribution in [0.3, 0.4) is 0 Å². The quantitative estimate of drug-likeness (QED) is 0.897. The Kier molecular flexibility index (Phi) is 4.57. The van der Waals surface area contributed by atoms with E-state index in [4.69, 9.17) is 0 Å². The topological polar surface area (TPSA) is 90.3 Å². The number of carboxylic acid groups (broad SMARTS) is 1. The van der Waals surface area contributed by atoms with Crippen LogP contribution in [0, 0.1) is 5.41 Å². The predicted octanol–water partition coefficient (Wildman–Crippen LogP) is 1.49. The fraction of sp³-hybridized carbons (Fsp3) is 0.444. The number of carbonyl (C=O) groups excluding carboxylic acids is 2. The van der Waals surface area contributed by atoms with E-state index in [0.29, 0.717) is 31.6 Å². The Hall–Kier alpha value is -2.70. The number of hydrogen-bond acceptors (Lipinski definition) is 4. The summed E-state index contributed by atoms with van der Waals surface area (Å²) in [5, 5.41) is 14.9. The Morgan fingerprint density at radius 3 is 2.60 bits per heavy atom. The molecule has 7 heteroatoms. The van der Waals surface area contributed by atoms with Crippen LogP contribution in [0.1, 0.15) is 31.7 Å². The summed E-state index contributed by atoms with van der Waals surface area (Å²) in [6.45, 7) is 2.54. The van der Waals surface area contributed by atoms with Crippen LogP contribution in [0.4, 0.5) is 0 Å². The number of nitrogens with zero attached hydrogens (tertiary/aromatic N) is 3. The van der Waals surface area contributed by atoms with Crippen molar-refractivity contribution in [2.24, 2.45) is 10.5 Å². The van der Waals surface area contributed by atoms with Gasteiger partial charge in [0, 0.05) is 25.9 Å². The fourth-order valence-corrected chi connectivity index (χ4v) is 3.13. The van der Waals surface area contributed by atoms with Gasteiger partial charge in [0.15, 0.2) is 0 Å². The third-order valence-corrected chi connectivity index (χ3v) is 4.80. The van der Waals surface area contributed by atoms with Crippen LogP contribution in [-0.2, 0) is 20.9 Å². The van der Waals surface area contributed by atoms with E-state index in [1.54, 1.807) is 6.92 Å². The van der Waals surface area contributed by atoms with Gasteiger partial charge in [0.25, 0.3) is 5.91 Å². The Balaban J connectivity index is 1.73. The lowest BCUT2D eigenvalue weighted by molar-refractivity contribution is -0.147. The number of carboxylic acids is 1. The molecule has 2 aliphatic heterocycles. The second-order valence-electron chi connectivity index (χ2n) is 6.83. The normalized spacial score (nSPS) is 23.6. The van der Waals surface area contributed by atoms with E-state index >= 15 is 0 Å². The van der Waals surface area contributed by atoms with Gasteiger partial charge in [0.05, 0.1) is 12.0 Å². The van der Waals surface area contributed by atoms with Crippen LogP contribution in [0.2, 0.25) is 0 Å². The zero-order chi connectivity index (χ0) is 18.0. The van der Waals surface area contributed by atoms with Crippen molar-refractivity contribution >= 4 is 23.5 Å². The largest absolute Gasteiger partial charge is 0.481 e. The maximum atomic E-state index is 12.7. The summed E-state index contributed by atoms with van der Waals surface area (Å²) in [5.74, 6) is -1.28. The first-order chi connectivity index (χ1) is 11.9. The molecular formula is C18H21N3O4. The molecule has 1 fully saturated rings. The van der Waals surface area contributed by atoms with Crippen molar-refractivity contribution in [3.8, 4) is 0 Å². The lowest BCUT2D eigenvalue weighted by Crippen LogP contribution is -2.42. The molecule has 0 aromatic heterocycles. The average Bonchev–Trinajstić information content (AvgIpc) is 3.01. The molecule has 2 aliphatic rings. The zero-order valence-corrected chi connectivity index (χ0v) is 14.1. The van der Waals surface area contributed by atoms with Crippen molar-refractivity contribution in [2.45, 2.75) is 32.7 Å². The number of hydrogen-bond donors (Lipinski definition) is 1. The molecule has 1 aromatic rings. The van der Waals surface area contributed by atoms with E-state index in [1.807, 2.05) is 30.3 Å². The zero-order valence-electron chi connectivity index (χ0n) is 14.1. The second-order valence-corrected chi connectivity index (χ2v) is 6.83. The van der Waals surface area contributed by atoms with Crippen LogP contribution < -0.4 is 0 Å². The molecule has 7 nitrogen and oxygen atoms in total. The van der Waals surface area contributed by atoms with E-state index < -0.39 is 11.4 Å². The number of benzene rings is 1. The van der Waals surface area contributed by atoms with Gasteiger partial charge in [-0.15, -0.1) is 0 Å². The molecule has 2 heterocycles. The first kappa shape index (κ1) is 17.1. The minimum atomic E-state index is -0.912. The van der Waals surface area contributed by atoms with Gasteiger partial charge in [0.2, 0.25) is 5.91 Å². The second kappa shape index (κ2) is 6.66. The van der Waals surface area contributed by atoms with Crippen molar-refractivity contribution in [1.29, 1.82) is 0 Å². The van der Waals surface area contributed by atoms with Crippen molar-refractivity contribution in [3.05, 3.63) is 35.9 Å². The number of likely N-dealkylation sites (tertiary alicyclic amines) is 1. The third kappa shape index (κ3) is 3.55. The van der Waals surface area contributed by atoms with Crippen molar-refractivity contribution < 1.29 is 19.5 Å². The summed E-state index contributed by atoms with van der Waals surface area (Å²) < 4.78 is 0. The van der Waals surface area contributed by atoms with E-state index in [0.717, 1.165) is 5.56 Å². The van der Waals surface area contributed by atoms with Crippen molar-refractivity contribution in [1.82, 2.24) is 9.91 Å². The summed E-state index contributed by atoms with van der Waals surface area (Å²) in [5.41, 5.74) is 0.350. The maximum Gasteiger partial charge on any atom is 0.311 e. The maximum absolute atomic E-state index is 12.7. The Morgan fingerprint density at radius 1 is 1.24 bits per heavy atom. The molecule has 1 unspecified atom stereocenters. The molecule has 0 bridgehead atoms. The van der Waals surface area contributed by atoms with Gasteiger partial charge in [-0.1, -0.05) is 30.3 Å². The van der Waals surface area contributed by atoms with Gasteiger partial charge < -0.3 is 10.0 Å². The minimum Gasteiger partial charge on any atom is -0.481 e. The number of rotatable bonds is 4. The van der Waals surface area contributed by atoms with E-state index in [-0.39, 0.29) is 24.8 Å². The van der Waals surface area contributed by atoms with E-state index in [2.05, 4.69) is 5.10 Å². The van der Waals surface area contributed by atoms with Gasteiger partial charge in [-0.05, 0) is 18.9 Å². The summed E-state index contributed by atoms with van der Waals surface area (Å²) >= 11 is 0. The highest BCUT2D eigenvalue weighted by atomic mass is 16.4. The van der Waals surface area contributed by atoms with Gasteiger partial charge >= 0.3 is 5.97 Å². The number of aliphatic carboxylic acids is 1. The Labute approximate surface area is 145 Å². The molecule has 0 radical (unpaired) electrons. The highest BCUT2D eigenvalue weighted by molar-refractivity contribution is 6.39. The molecule has 1 atom stereocenters. The summed E-state index contributed by atoms with van der Waals surface area (Å²) in [6.07, 6.45) is 0.957. The summed E-state index contributed by atoms with van der Waals surface area (Å²) in [6, 6.07) is 9.47. The molecule has 0 saturated carbocycles. The number of amides is 2. The lowest BCUT2D eigenvalue weighted by atomic mass is 9.90. The smallest absolute Gasteiger partial charge is 0.311 e. The molecule has 0 aliphatic carbocycles. The van der Waals surface area contributed by atoms with Crippen molar-refractivity contribution in [3.63, 3.8) is 0 Å². The van der Waals surface area contributed by atoms with Crippen LogP contribution >= 0.6 is 0 Å². The van der Waals surface area contributed by atoms with Crippen molar-refractivity contribution in [2.75, 3.05) is 13.1 Å². The highest BCUT2D eigenvalue weighted by Crippen LogP contribution is 2.30. The molecule has 3 rings (SSSR count). The predicted molar refractivity (Wildman–Crippen MR) is 90.6 cm³/mol. The first-order valence-corrected chi connectivity index (χ1v) is 8.33. The lowest BCUT2D eigenvalue weighted by Gasteiger charge is -2.26. The first-order valence-electron chi connectivity index (χ1n) is 8.33.